The zero-order valence-corrected chi connectivity index (χ0v) is 11.7. The lowest BCUT2D eigenvalue weighted by Gasteiger charge is -2.24. The molecule has 0 saturated heterocycles. The number of aromatic nitrogens is 1. The Morgan fingerprint density at radius 2 is 1.62 bits per heavy atom. The molecule has 2 aromatic carbocycles. The van der Waals surface area contributed by atoms with Crippen LogP contribution in [0.3, 0.4) is 0 Å². The van der Waals surface area contributed by atoms with Crippen LogP contribution in [0.5, 0.6) is 0 Å². The molecular formula is C19H17NO. The molecule has 3 aromatic rings. The van der Waals surface area contributed by atoms with Crippen molar-refractivity contribution in [3.63, 3.8) is 0 Å². The molecule has 2 nitrogen and oxygen atoms in total. The van der Waals surface area contributed by atoms with E-state index in [0.29, 0.717) is 0 Å². The van der Waals surface area contributed by atoms with E-state index in [0.717, 1.165) is 29.2 Å². The predicted molar refractivity (Wildman–Crippen MR) is 84.1 cm³/mol. The predicted octanol–water partition coefficient (Wildman–Crippen LogP) is 4.00. The minimum Gasteiger partial charge on any atom is -0.387 e. The zero-order chi connectivity index (χ0) is 14.3. The van der Waals surface area contributed by atoms with Gasteiger partial charge in [-0.1, -0.05) is 54.6 Å². The van der Waals surface area contributed by atoms with Crippen LogP contribution >= 0.6 is 0 Å². The Hall–Kier alpha value is -2.19. The molecule has 1 N–H and O–H groups in total. The van der Waals surface area contributed by atoms with Gasteiger partial charge in [-0.25, -0.2) is 0 Å². The summed E-state index contributed by atoms with van der Waals surface area (Å²) in [5.74, 6) is 0. The maximum Gasteiger partial charge on any atom is 0.0907 e. The second kappa shape index (κ2) is 4.68. The zero-order valence-electron chi connectivity index (χ0n) is 11.7. The minimum absolute atomic E-state index is 0.132. The lowest BCUT2D eigenvalue weighted by atomic mass is 9.85. The number of nitrogens with zero attached hydrogens (tertiary/aromatic N) is 1. The number of rotatable bonds is 3. The number of aliphatic hydroxyl groups is 1. The average Bonchev–Trinajstić information content (AvgIpc) is 3.36. The highest BCUT2D eigenvalue weighted by Crippen LogP contribution is 2.57. The van der Waals surface area contributed by atoms with Crippen molar-refractivity contribution in [1.29, 1.82) is 0 Å². The fourth-order valence-corrected chi connectivity index (χ4v) is 3.28. The first kappa shape index (κ1) is 12.5. The molecule has 1 aliphatic rings. The van der Waals surface area contributed by atoms with Crippen molar-refractivity contribution < 1.29 is 5.11 Å². The normalized spacial score (nSPS) is 17.6. The summed E-state index contributed by atoms with van der Waals surface area (Å²) in [4.78, 5) is 4.31. The first-order valence-electron chi connectivity index (χ1n) is 7.37. The molecule has 1 saturated carbocycles. The number of hydrogen-bond donors (Lipinski definition) is 1. The van der Waals surface area contributed by atoms with Gasteiger partial charge in [-0.3, -0.25) is 4.98 Å². The Kier molecular flexibility index (Phi) is 2.79. The number of aliphatic hydroxyl groups excluding tert-OH is 1. The maximum absolute atomic E-state index is 11.0. The summed E-state index contributed by atoms with van der Waals surface area (Å²) in [7, 11) is 0. The summed E-state index contributed by atoms with van der Waals surface area (Å²) in [5, 5.41) is 13.2. The van der Waals surface area contributed by atoms with Gasteiger partial charge in [0.2, 0.25) is 0 Å². The van der Waals surface area contributed by atoms with Gasteiger partial charge >= 0.3 is 0 Å². The molecule has 0 amide bonds. The molecular weight excluding hydrogens is 258 g/mol. The molecule has 0 bridgehead atoms. The molecule has 21 heavy (non-hydrogen) atoms. The molecule has 1 fully saturated rings. The first-order chi connectivity index (χ1) is 10.3. The van der Waals surface area contributed by atoms with Crippen molar-refractivity contribution >= 4 is 10.8 Å². The minimum atomic E-state index is -0.501. The van der Waals surface area contributed by atoms with Gasteiger partial charge in [0.15, 0.2) is 0 Å². The Morgan fingerprint density at radius 3 is 2.38 bits per heavy atom. The van der Waals surface area contributed by atoms with Crippen LogP contribution < -0.4 is 0 Å². The lowest BCUT2D eigenvalue weighted by Crippen LogP contribution is -2.18. The van der Waals surface area contributed by atoms with Gasteiger partial charge in [-0.05, 0) is 23.8 Å². The van der Waals surface area contributed by atoms with Gasteiger partial charge in [0, 0.05) is 28.8 Å². The Morgan fingerprint density at radius 1 is 0.905 bits per heavy atom. The van der Waals surface area contributed by atoms with Crippen LogP contribution in [-0.2, 0) is 5.41 Å². The fourth-order valence-electron chi connectivity index (χ4n) is 3.28. The van der Waals surface area contributed by atoms with E-state index in [1.165, 1.54) is 5.56 Å². The topological polar surface area (TPSA) is 33.1 Å². The number of hydrogen-bond acceptors (Lipinski definition) is 2. The quantitative estimate of drug-likeness (QED) is 0.783. The highest BCUT2D eigenvalue weighted by Gasteiger charge is 2.51. The van der Waals surface area contributed by atoms with Crippen LogP contribution in [0.4, 0.5) is 0 Å². The van der Waals surface area contributed by atoms with Crippen molar-refractivity contribution in [1.82, 2.24) is 4.98 Å². The summed E-state index contributed by atoms with van der Waals surface area (Å²) < 4.78 is 0. The van der Waals surface area contributed by atoms with E-state index < -0.39 is 6.10 Å². The van der Waals surface area contributed by atoms with Crippen LogP contribution in [-0.4, -0.2) is 10.1 Å². The van der Waals surface area contributed by atoms with Crippen LogP contribution in [0, 0.1) is 0 Å². The van der Waals surface area contributed by atoms with Crippen molar-refractivity contribution in [3.05, 3.63) is 78.1 Å². The fraction of sp³-hybridized carbons (Fsp3) is 0.211. The highest BCUT2D eigenvalue weighted by atomic mass is 16.3. The van der Waals surface area contributed by atoms with Crippen LogP contribution in [0.25, 0.3) is 10.8 Å². The summed E-state index contributed by atoms with van der Waals surface area (Å²) in [5.41, 5.74) is 2.03. The molecule has 2 heteroatoms. The van der Waals surface area contributed by atoms with Crippen molar-refractivity contribution in [2.75, 3.05) is 0 Å². The van der Waals surface area contributed by atoms with Crippen molar-refractivity contribution in [2.24, 2.45) is 0 Å². The molecule has 104 valence electrons. The van der Waals surface area contributed by atoms with E-state index in [2.05, 4.69) is 23.2 Å². The molecule has 4 rings (SSSR count). The number of fused-ring (bicyclic) bond motifs is 1. The molecule has 1 heterocycles. The Bertz CT molecular complexity index is 772. The average molecular weight is 275 g/mol. The Labute approximate surface area is 124 Å². The van der Waals surface area contributed by atoms with E-state index in [9.17, 15) is 5.11 Å². The van der Waals surface area contributed by atoms with E-state index in [-0.39, 0.29) is 5.41 Å². The summed E-state index contributed by atoms with van der Waals surface area (Å²) in [6.45, 7) is 0. The van der Waals surface area contributed by atoms with Gasteiger partial charge in [-0.15, -0.1) is 0 Å². The number of pyridine rings is 1. The Balaban J connectivity index is 1.83. The van der Waals surface area contributed by atoms with E-state index in [1.807, 2.05) is 48.8 Å². The third-order valence-electron chi connectivity index (χ3n) is 4.65. The third kappa shape index (κ3) is 1.95. The standard InChI is InChI=1S/C19H17NO/c21-18(19(10-11-19)15-7-2-1-3-8-15)17-13-20-12-14-6-4-5-9-16(14)17/h1-9,12-13,18,21H,10-11H2. The van der Waals surface area contributed by atoms with Gasteiger partial charge in [0.1, 0.15) is 0 Å². The second-order valence-electron chi connectivity index (χ2n) is 5.87. The van der Waals surface area contributed by atoms with E-state index in [4.69, 9.17) is 0 Å². The van der Waals surface area contributed by atoms with Gasteiger partial charge in [0.05, 0.1) is 6.10 Å². The molecule has 1 aromatic heterocycles. The van der Waals surface area contributed by atoms with Crippen LogP contribution in [0.2, 0.25) is 0 Å². The van der Waals surface area contributed by atoms with E-state index >= 15 is 0 Å². The second-order valence-corrected chi connectivity index (χ2v) is 5.87. The van der Waals surface area contributed by atoms with Crippen molar-refractivity contribution in [3.8, 4) is 0 Å². The summed E-state index contributed by atoms with van der Waals surface area (Å²) in [6, 6.07) is 18.5. The van der Waals surface area contributed by atoms with Gasteiger partial charge in [-0.2, -0.15) is 0 Å². The number of benzene rings is 2. The van der Waals surface area contributed by atoms with Crippen LogP contribution in [0.15, 0.2) is 67.0 Å². The largest absolute Gasteiger partial charge is 0.387 e. The molecule has 1 atom stereocenters. The lowest BCUT2D eigenvalue weighted by molar-refractivity contribution is 0.134. The van der Waals surface area contributed by atoms with Crippen molar-refractivity contribution in [2.45, 2.75) is 24.4 Å². The molecule has 0 spiro atoms. The first-order valence-corrected chi connectivity index (χ1v) is 7.37. The highest BCUT2D eigenvalue weighted by molar-refractivity contribution is 5.85. The van der Waals surface area contributed by atoms with Gasteiger partial charge in [0.25, 0.3) is 0 Å². The SMILES string of the molecule is OC(c1cncc2ccccc12)C1(c2ccccc2)CC1. The monoisotopic (exact) mass is 275 g/mol. The van der Waals surface area contributed by atoms with E-state index in [1.54, 1.807) is 0 Å². The molecule has 1 unspecified atom stereocenters. The molecule has 1 aliphatic carbocycles. The summed E-state index contributed by atoms with van der Waals surface area (Å²) in [6.07, 6.45) is 5.23. The van der Waals surface area contributed by atoms with Crippen LogP contribution in [0.1, 0.15) is 30.1 Å². The third-order valence-corrected chi connectivity index (χ3v) is 4.65. The maximum atomic E-state index is 11.0. The molecule has 0 aliphatic heterocycles. The molecule has 0 radical (unpaired) electrons. The summed E-state index contributed by atoms with van der Waals surface area (Å²) >= 11 is 0. The smallest absolute Gasteiger partial charge is 0.0907 e. The van der Waals surface area contributed by atoms with Gasteiger partial charge < -0.3 is 5.11 Å².